The monoisotopic (exact) mass is 235 g/mol. The third kappa shape index (κ3) is 2.00. The normalized spacial score (nSPS) is 18.0. The van der Waals surface area contributed by atoms with Crippen LogP contribution in [0.4, 0.5) is 0 Å². The van der Waals surface area contributed by atoms with Gasteiger partial charge < -0.3 is 15.6 Å². The quantitative estimate of drug-likeness (QED) is 0.785. The highest BCUT2D eigenvalue weighted by Crippen LogP contribution is 2.41. The highest BCUT2D eigenvalue weighted by atomic mass is 16.5. The number of carbonyl (C=O) groups is 1. The molecular formula is C13H17NO3. The molecule has 0 heterocycles. The van der Waals surface area contributed by atoms with Gasteiger partial charge in [0.05, 0.1) is 7.11 Å². The van der Waals surface area contributed by atoms with Gasteiger partial charge in [-0.05, 0) is 30.5 Å². The van der Waals surface area contributed by atoms with E-state index in [9.17, 15) is 9.90 Å². The van der Waals surface area contributed by atoms with Crippen LogP contribution in [0.1, 0.15) is 41.6 Å². The number of hydrogen-bond donors (Lipinski definition) is 2. The van der Waals surface area contributed by atoms with Crippen molar-refractivity contribution < 1.29 is 14.6 Å². The van der Waals surface area contributed by atoms with Gasteiger partial charge in [0.15, 0.2) is 17.8 Å². The zero-order valence-electron chi connectivity index (χ0n) is 9.90. The van der Waals surface area contributed by atoms with Crippen LogP contribution in [0.2, 0.25) is 0 Å². The van der Waals surface area contributed by atoms with Gasteiger partial charge in [-0.25, -0.2) is 0 Å². The third-order valence-corrected chi connectivity index (χ3v) is 3.51. The number of carbonyl (C=O) groups excluding carboxylic acids is 1. The fraction of sp³-hybridized carbons (Fsp3) is 0.462. The maximum atomic E-state index is 11.1. The lowest BCUT2D eigenvalue weighted by atomic mass is 9.86. The minimum Gasteiger partial charge on any atom is -0.504 e. The van der Waals surface area contributed by atoms with Crippen molar-refractivity contribution in [3.05, 3.63) is 23.3 Å². The van der Waals surface area contributed by atoms with E-state index >= 15 is 0 Å². The van der Waals surface area contributed by atoms with E-state index in [0.717, 1.165) is 37.5 Å². The molecule has 0 radical (unpaired) electrons. The van der Waals surface area contributed by atoms with Crippen LogP contribution in [-0.4, -0.2) is 18.5 Å². The van der Waals surface area contributed by atoms with Gasteiger partial charge in [0.25, 0.3) is 0 Å². The molecule has 0 unspecified atom stereocenters. The summed E-state index contributed by atoms with van der Waals surface area (Å²) in [6, 6.07) is 3.11. The zero-order valence-corrected chi connectivity index (χ0v) is 9.90. The predicted octanol–water partition coefficient (Wildman–Crippen LogP) is 1.94. The van der Waals surface area contributed by atoms with E-state index in [1.807, 2.05) is 0 Å². The van der Waals surface area contributed by atoms with E-state index < -0.39 is 5.54 Å². The van der Waals surface area contributed by atoms with Crippen LogP contribution in [0.15, 0.2) is 12.1 Å². The first kappa shape index (κ1) is 11.9. The maximum absolute atomic E-state index is 11.1. The number of ether oxygens (including phenoxy) is 1. The lowest BCUT2D eigenvalue weighted by molar-refractivity contribution is 0.112. The van der Waals surface area contributed by atoms with Gasteiger partial charge >= 0.3 is 0 Å². The third-order valence-electron chi connectivity index (χ3n) is 3.51. The SMILES string of the molecule is COc1cc(C=O)c(C2(N)CCCC2)cc1O. The minimum absolute atomic E-state index is 0.0322. The Hall–Kier alpha value is -1.55. The molecule has 3 N–H and O–H groups in total. The molecule has 0 amide bonds. The Balaban J connectivity index is 2.52. The molecule has 0 aromatic heterocycles. The van der Waals surface area contributed by atoms with Crippen molar-refractivity contribution in [1.29, 1.82) is 0 Å². The van der Waals surface area contributed by atoms with Crippen LogP contribution >= 0.6 is 0 Å². The van der Waals surface area contributed by atoms with E-state index in [4.69, 9.17) is 10.5 Å². The maximum Gasteiger partial charge on any atom is 0.161 e. The Morgan fingerprint density at radius 2 is 2.06 bits per heavy atom. The summed E-state index contributed by atoms with van der Waals surface area (Å²) in [4.78, 5) is 11.1. The lowest BCUT2D eigenvalue weighted by Crippen LogP contribution is -2.34. The molecule has 0 aliphatic heterocycles. The van der Waals surface area contributed by atoms with Gasteiger partial charge in [0.2, 0.25) is 0 Å². The molecule has 0 bridgehead atoms. The molecule has 1 aliphatic carbocycles. The lowest BCUT2D eigenvalue weighted by Gasteiger charge is -2.26. The first-order valence-corrected chi connectivity index (χ1v) is 5.76. The highest BCUT2D eigenvalue weighted by Gasteiger charge is 2.34. The number of hydrogen-bond acceptors (Lipinski definition) is 4. The van der Waals surface area contributed by atoms with Crippen LogP contribution in [0.25, 0.3) is 0 Å². The second-order valence-corrected chi connectivity index (χ2v) is 4.59. The molecule has 0 spiro atoms. The van der Waals surface area contributed by atoms with Crippen molar-refractivity contribution in [3.63, 3.8) is 0 Å². The molecule has 1 aliphatic rings. The largest absolute Gasteiger partial charge is 0.504 e. The van der Waals surface area contributed by atoms with Gasteiger partial charge in [-0.15, -0.1) is 0 Å². The Morgan fingerprint density at radius 1 is 1.41 bits per heavy atom. The summed E-state index contributed by atoms with van der Waals surface area (Å²) in [5.41, 5.74) is 7.05. The number of methoxy groups -OCH3 is 1. The number of nitrogens with two attached hydrogens (primary N) is 1. The topological polar surface area (TPSA) is 72.5 Å². The summed E-state index contributed by atoms with van der Waals surface area (Å²) in [7, 11) is 1.46. The first-order chi connectivity index (χ1) is 8.10. The molecule has 1 saturated carbocycles. The molecular weight excluding hydrogens is 218 g/mol. The summed E-state index contributed by atoms with van der Waals surface area (Å²) in [6.07, 6.45) is 4.58. The van der Waals surface area contributed by atoms with Crippen molar-refractivity contribution in [3.8, 4) is 11.5 Å². The predicted molar refractivity (Wildman–Crippen MR) is 64.4 cm³/mol. The van der Waals surface area contributed by atoms with Crippen molar-refractivity contribution in [1.82, 2.24) is 0 Å². The smallest absolute Gasteiger partial charge is 0.161 e. The van der Waals surface area contributed by atoms with Crippen LogP contribution in [-0.2, 0) is 5.54 Å². The van der Waals surface area contributed by atoms with Gasteiger partial charge in [-0.3, -0.25) is 4.79 Å². The van der Waals surface area contributed by atoms with Crippen molar-refractivity contribution in [2.24, 2.45) is 5.73 Å². The molecule has 1 fully saturated rings. The van der Waals surface area contributed by atoms with Crippen molar-refractivity contribution in [2.45, 2.75) is 31.2 Å². The summed E-state index contributed by atoms with van der Waals surface area (Å²) >= 11 is 0. The molecule has 0 saturated heterocycles. The molecule has 4 nitrogen and oxygen atoms in total. The fourth-order valence-corrected chi connectivity index (χ4v) is 2.55. The van der Waals surface area contributed by atoms with E-state index in [1.54, 1.807) is 12.1 Å². The molecule has 1 aromatic carbocycles. The summed E-state index contributed by atoms with van der Waals surface area (Å²) in [5.74, 6) is 0.335. The van der Waals surface area contributed by atoms with Crippen molar-refractivity contribution in [2.75, 3.05) is 7.11 Å². The average Bonchev–Trinajstić information content (AvgIpc) is 2.77. The van der Waals surface area contributed by atoms with Gasteiger partial charge in [-0.2, -0.15) is 0 Å². The van der Waals surface area contributed by atoms with Gasteiger partial charge in [0.1, 0.15) is 0 Å². The standard InChI is InChI=1S/C13H17NO3/c1-17-12-6-9(8-15)10(7-11(12)16)13(14)4-2-3-5-13/h6-8,16H,2-5,14H2,1H3. The Bertz CT molecular complexity index is 437. The first-order valence-electron chi connectivity index (χ1n) is 5.76. The summed E-state index contributed by atoms with van der Waals surface area (Å²) in [6.45, 7) is 0. The second-order valence-electron chi connectivity index (χ2n) is 4.59. The van der Waals surface area contributed by atoms with E-state index in [1.165, 1.54) is 7.11 Å². The minimum atomic E-state index is -0.486. The van der Waals surface area contributed by atoms with Gasteiger partial charge in [-0.1, -0.05) is 12.8 Å². The van der Waals surface area contributed by atoms with E-state index in [2.05, 4.69) is 0 Å². The van der Waals surface area contributed by atoms with Gasteiger partial charge in [0, 0.05) is 11.1 Å². The Morgan fingerprint density at radius 3 is 2.59 bits per heavy atom. The molecule has 17 heavy (non-hydrogen) atoms. The van der Waals surface area contributed by atoms with Crippen molar-refractivity contribution >= 4 is 6.29 Å². The second kappa shape index (κ2) is 4.37. The highest BCUT2D eigenvalue weighted by molar-refractivity contribution is 5.80. The number of phenols is 1. The van der Waals surface area contributed by atoms with Crippen LogP contribution < -0.4 is 10.5 Å². The molecule has 2 rings (SSSR count). The Kier molecular flexibility index (Phi) is 3.07. The van der Waals surface area contributed by atoms with Crippen LogP contribution in [0.3, 0.4) is 0 Å². The molecule has 4 heteroatoms. The number of aldehydes is 1. The van der Waals surface area contributed by atoms with Crippen LogP contribution in [0, 0.1) is 0 Å². The molecule has 0 atom stereocenters. The number of benzene rings is 1. The number of aromatic hydroxyl groups is 1. The average molecular weight is 235 g/mol. The molecule has 92 valence electrons. The number of rotatable bonds is 3. The summed E-state index contributed by atoms with van der Waals surface area (Å²) < 4.78 is 4.99. The van der Waals surface area contributed by atoms with Crippen LogP contribution in [0.5, 0.6) is 11.5 Å². The van der Waals surface area contributed by atoms with E-state index in [-0.39, 0.29) is 5.75 Å². The zero-order chi connectivity index (χ0) is 12.5. The molecule has 1 aromatic rings. The Labute approximate surface area is 100 Å². The summed E-state index contributed by atoms with van der Waals surface area (Å²) in [5, 5.41) is 9.79. The fourth-order valence-electron chi connectivity index (χ4n) is 2.55. The van der Waals surface area contributed by atoms with E-state index in [0.29, 0.717) is 11.3 Å². The number of phenolic OH excluding ortho intramolecular Hbond substituents is 1.